The zero-order chi connectivity index (χ0) is 17.5. The van der Waals surface area contributed by atoms with Gasteiger partial charge in [0.05, 0.1) is 10.7 Å². The molecule has 0 unspecified atom stereocenters. The number of amides is 1. The van der Waals surface area contributed by atoms with Gasteiger partial charge in [0.15, 0.2) is 5.82 Å². The Bertz CT molecular complexity index is 816. The van der Waals surface area contributed by atoms with E-state index in [-0.39, 0.29) is 5.91 Å². The molecular weight excluding hydrogens is 354 g/mol. The monoisotopic (exact) mass is 373 g/mol. The molecule has 0 saturated heterocycles. The van der Waals surface area contributed by atoms with E-state index in [0.717, 1.165) is 33.6 Å². The third-order valence-corrected chi connectivity index (χ3v) is 5.27. The van der Waals surface area contributed by atoms with E-state index in [1.807, 2.05) is 31.3 Å². The molecule has 0 bridgehead atoms. The Morgan fingerprint density at radius 3 is 3.04 bits per heavy atom. The molecule has 3 heterocycles. The van der Waals surface area contributed by atoms with Crippen LogP contribution in [0.25, 0.3) is 5.82 Å². The number of nitrogens with one attached hydrogen (secondary N) is 1. The normalized spacial score (nSPS) is 10.8. The van der Waals surface area contributed by atoms with E-state index in [9.17, 15) is 4.79 Å². The molecule has 3 aromatic heterocycles. The average molecular weight is 374 g/mol. The number of carbonyl (C=O) groups is 1. The van der Waals surface area contributed by atoms with Gasteiger partial charge in [0.2, 0.25) is 5.91 Å². The summed E-state index contributed by atoms with van der Waals surface area (Å²) in [7, 11) is 0. The number of thiazole rings is 1. The Morgan fingerprint density at radius 1 is 1.36 bits per heavy atom. The predicted molar refractivity (Wildman–Crippen MR) is 101 cm³/mol. The fraction of sp³-hybridized carbons (Fsp3) is 0.294. The minimum Gasteiger partial charge on any atom is -0.352 e. The van der Waals surface area contributed by atoms with Crippen LogP contribution >= 0.6 is 23.1 Å². The number of aromatic nitrogens is 4. The highest BCUT2D eigenvalue weighted by molar-refractivity contribution is 7.98. The number of pyridine rings is 1. The molecule has 0 saturated carbocycles. The molecule has 0 spiro atoms. The Balaban J connectivity index is 1.43. The molecule has 0 aliphatic heterocycles. The van der Waals surface area contributed by atoms with Crippen molar-refractivity contribution in [3.63, 3.8) is 0 Å². The number of thioether (sulfide) groups is 1. The lowest BCUT2D eigenvalue weighted by molar-refractivity contribution is -0.120. The van der Waals surface area contributed by atoms with Crippen molar-refractivity contribution >= 4 is 29.0 Å². The molecule has 8 heteroatoms. The van der Waals surface area contributed by atoms with E-state index in [4.69, 9.17) is 0 Å². The van der Waals surface area contributed by atoms with E-state index >= 15 is 0 Å². The smallest absolute Gasteiger partial charge is 0.221 e. The number of carbonyl (C=O) groups excluding carboxylic acids is 1. The summed E-state index contributed by atoms with van der Waals surface area (Å²) in [5, 5.41) is 10.3. The lowest BCUT2D eigenvalue weighted by atomic mass is 10.2. The lowest BCUT2D eigenvalue weighted by Crippen LogP contribution is -2.24. The number of hydrogen-bond donors (Lipinski definition) is 1. The van der Waals surface area contributed by atoms with Crippen LogP contribution in [0.15, 0.2) is 42.2 Å². The second-order valence-electron chi connectivity index (χ2n) is 5.37. The molecule has 1 amide bonds. The standard InChI is InChI=1S/C17H19N5OS2/c1-13-21-15(12-25-13)11-24-9-5-16(23)19-10-14-4-2-6-18-17(14)22-8-3-7-20-22/h2-4,6-8,12H,5,9-11H2,1H3,(H,19,23). The Kier molecular flexibility index (Phi) is 6.19. The number of hydrogen-bond acceptors (Lipinski definition) is 6. The maximum absolute atomic E-state index is 12.0. The van der Waals surface area contributed by atoms with E-state index in [1.165, 1.54) is 0 Å². The van der Waals surface area contributed by atoms with Gasteiger partial charge in [-0.25, -0.2) is 14.6 Å². The summed E-state index contributed by atoms with van der Waals surface area (Å²) in [5.74, 6) is 2.41. The van der Waals surface area contributed by atoms with Crippen molar-refractivity contribution in [3.05, 3.63) is 58.4 Å². The number of nitrogens with zero attached hydrogens (tertiary/aromatic N) is 4. The quantitative estimate of drug-likeness (QED) is 0.615. The van der Waals surface area contributed by atoms with E-state index in [0.29, 0.717) is 13.0 Å². The zero-order valence-electron chi connectivity index (χ0n) is 13.9. The van der Waals surface area contributed by atoms with Crippen LogP contribution in [0.4, 0.5) is 0 Å². The summed E-state index contributed by atoms with van der Waals surface area (Å²) in [6.45, 7) is 2.44. The van der Waals surface area contributed by atoms with Gasteiger partial charge in [0.1, 0.15) is 0 Å². The molecule has 3 rings (SSSR count). The van der Waals surface area contributed by atoms with Crippen molar-refractivity contribution < 1.29 is 4.79 Å². The zero-order valence-corrected chi connectivity index (χ0v) is 15.5. The molecule has 0 aliphatic rings. The fourth-order valence-electron chi connectivity index (χ4n) is 2.27. The van der Waals surface area contributed by atoms with Crippen molar-refractivity contribution in [2.75, 3.05) is 5.75 Å². The van der Waals surface area contributed by atoms with Gasteiger partial charge in [-0.3, -0.25) is 4.79 Å². The van der Waals surface area contributed by atoms with Gasteiger partial charge < -0.3 is 5.32 Å². The highest BCUT2D eigenvalue weighted by Gasteiger charge is 2.08. The molecule has 0 fully saturated rings. The van der Waals surface area contributed by atoms with E-state index < -0.39 is 0 Å². The molecule has 3 aromatic rings. The summed E-state index contributed by atoms with van der Waals surface area (Å²) in [6, 6.07) is 5.65. The van der Waals surface area contributed by atoms with Gasteiger partial charge in [-0.05, 0) is 19.1 Å². The first-order valence-electron chi connectivity index (χ1n) is 7.92. The van der Waals surface area contributed by atoms with Crippen molar-refractivity contribution in [3.8, 4) is 5.82 Å². The second kappa shape index (κ2) is 8.77. The molecule has 6 nitrogen and oxygen atoms in total. The summed E-state index contributed by atoms with van der Waals surface area (Å²) < 4.78 is 1.70. The Hall–Kier alpha value is -2.19. The van der Waals surface area contributed by atoms with Crippen LogP contribution in [0.1, 0.15) is 22.7 Å². The van der Waals surface area contributed by atoms with Gasteiger partial charge in [-0.2, -0.15) is 16.9 Å². The van der Waals surface area contributed by atoms with E-state index in [1.54, 1.807) is 40.2 Å². The molecule has 0 atom stereocenters. The van der Waals surface area contributed by atoms with Gasteiger partial charge in [-0.1, -0.05) is 6.07 Å². The first kappa shape index (κ1) is 17.6. The number of aryl methyl sites for hydroxylation is 1. The second-order valence-corrected chi connectivity index (χ2v) is 7.54. The summed E-state index contributed by atoms with van der Waals surface area (Å²) in [6.07, 6.45) is 5.76. The van der Waals surface area contributed by atoms with Gasteiger partial charge >= 0.3 is 0 Å². The molecule has 0 radical (unpaired) electrons. The van der Waals surface area contributed by atoms with Crippen LogP contribution in [0.3, 0.4) is 0 Å². The summed E-state index contributed by atoms with van der Waals surface area (Å²) in [4.78, 5) is 20.8. The minimum atomic E-state index is 0.0391. The van der Waals surface area contributed by atoms with Gasteiger partial charge in [-0.15, -0.1) is 11.3 Å². The van der Waals surface area contributed by atoms with Crippen molar-refractivity contribution in [1.82, 2.24) is 25.1 Å². The SMILES string of the molecule is Cc1nc(CSCCC(=O)NCc2cccnc2-n2cccn2)cs1. The average Bonchev–Trinajstić information content (AvgIpc) is 3.29. The first-order chi connectivity index (χ1) is 12.2. The molecule has 1 N–H and O–H groups in total. The molecule has 0 aromatic carbocycles. The van der Waals surface area contributed by atoms with Crippen molar-refractivity contribution in [2.24, 2.45) is 0 Å². The molecule has 0 aliphatic carbocycles. The Morgan fingerprint density at radius 2 is 2.28 bits per heavy atom. The first-order valence-corrected chi connectivity index (χ1v) is 9.95. The van der Waals surface area contributed by atoms with Gasteiger partial charge in [0.25, 0.3) is 0 Å². The minimum absolute atomic E-state index is 0.0391. The largest absolute Gasteiger partial charge is 0.352 e. The maximum Gasteiger partial charge on any atom is 0.221 e. The van der Waals surface area contributed by atoms with Crippen LogP contribution < -0.4 is 5.32 Å². The van der Waals surface area contributed by atoms with E-state index in [2.05, 4.69) is 25.8 Å². The predicted octanol–water partition coefficient (Wildman–Crippen LogP) is 2.97. The van der Waals surface area contributed by atoms with Crippen molar-refractivity contribution in [2.45, 2.75) is 25.6 Å². The highest BCUT2D eigenvalue weighted by Crippen LogP contribution is 2.16. The van der Waals surface area contributed by atoms with Crippen LogP contribution in [-0.2, 0) is 17.1 Å². The van der Waals surface area contributed by atoms with Crippen LogP contribution in [0.5, 0.6) is 0 Å². The topological polar surface area (TPSA) is 72.7 Å². The molecule has 25 heavy (non-hydrogen) atoms. The van der Waals surface area contributed by atoms with Gasteiger partial charge in [0, 0.05) is 54.0 Å². The summed E-state index contributed by atoms with van der Waals surface area (Å²) >= 11 is 3.39. The fourth-order valence-corrected chi connectivity index (χ4v) is 3.82. The van der Waals surface area contributed by atoms with Crippen LogP contribution in [0, 0.1) is 6.92 Å². The molecule has 130 valence electrons. The van der Waals surface area contributed by atoms with Crippen LogP contribution in [-0.4, -0.2) is 31.4 Å². The third-order valence-electron chi connectivity index (χ3n) is 3.45. The molecular formula is C17H19N5OS2. The van der Waals surface area contributed by atoms with Crippen molar-refractivity contribution in [1.29, 1.82) is 0 Å². The third kappa shape index (κ3) is 5.14. The van der Waals surface area contributed by atoms with Crippen LogP contribution in [0.2, 0.25) is 0 Å². The lowest BCUT2D eigenvalue weighted by Gasteiger charge is -2.09. The summed E-state index contributed by atoms with van der Waals surface area (Å²) in [5.41, 5.74) is 2.03. The maximum atomic E-state index is 12.0. The Labute approximate surface area is 154 Å². The highest BCUT2D eigenvalue weighted by atomic mass is 32.2. The number of rotatable bonds is 8.